The van der Waals surface area contributed by atoms with Crippen molar-refractivity contribution in [2.24, 2.45) is 0 Å². The summed E-state index contributed by atoms with van der Waals surface area (Å²) in [5.41, 5.74) is 0. The second-order valence-electron chi connectivity index (χ2n) is 4.17. The molecule has 1 aromatic carbocycles. The van der Waals surface area contributed by atoms with Gasteiger partial charge in [-0.3, -0.25) is 0 Å². The van der Waals surface area contributed by atoms with E-state index in [1.54, 1.807) is 6.07 Å². The van der Waals surface area contributed by atoms with Gasteiger partial charge in [-0.1, -0.05) is 30.3 Å². The number of hydrogen-bond donors (Lipinski definition) is 1. The molecule has 0 radical (unpaired) electrons. The molecule has 2 rings (SSSR count). The molecule has 0 unspecified atom stereocenters. The zero-order valence-electron chi connectivity index (χ0n) is 10.5. The van der Waals surface area contributed by atoms with Crippen LogP contribution in [-0.4, -0.2) is 16.2 Å². The molecule has 2 aromatic rings. The molecule has 0 saturated carbocycles. The van der Waals surface area contributed by atoms with Crippen LogP contribution in [0.25, 0.3) is 0 Å². The Morgan fingerprint density at radius 3 is 2.95 bits per heavy atom. The number of rotatable bonds is 5. The summed E-state index contributed by atoms with van der Waals surface area (Å²) >= 11 is 4.63. The van der Waals surface area contributed by atoms with Gasteiger partial charge in [-0.15, -0.1) is 5.10 Å². The number of nitrogens with one attached hydrogen (secondary N) is 1. The molecule has 1 heterocycles. The minimum Gasteiger partial charge on any atom is -0.428 e. The highest BCUT2D eigenvalue weighted by Crippen LogP contribution is 2.31. The van der Waals surface area contributed by atoms with E-state index in [-0.39, 0.29) is 5.82 Å². The Hall–Kier alpha value is -1.05. The van der Waals surface area contributed by atoms with Gasteiger partial charge >= 0.3 is 0 Å². The molecule has 0 aliphatic heterocycles. The first-order chi connectivity index (χ1) is 9.04. The third-order valence-electron chi connectivity index (χ3n) is 2.20. The van der Waals surface area contributed by atoms with E-state index >= 15 is 0 Å². The minimum atomic E-state index is -0.357. The summed E-state index contributed by atoms with van der Waals surface area (Å²) in [4.78, 5) is 0. The van der Waals surface area contributed by atoms with Crippen LogP contribution in [0.3, 0.4) is 0 Å². The van der Waals surface area contributed by atoms with Crippen molar-refractivity contribution in [1.29, 1.82) is 0 Å². The van der Waals surface area contributed by atoms with Crippen LogP contribution in [0, 0.1) is 5.82 Å². The predicted octanol–water partition coefficient (Wildman–Crippen LogP) is 3.73. The van der Waals surface area contributed by atoms with Gasteiger partial charge in [0.1, 0.15) is 16.6 Å². The summed E-state index contributed by atoms with van der Waals surface area (Å²) < 4.78 is 19.3. The van der Waals surface area contributed by atoms with Gasteiger partial charge in [0.15, 0.2) is 0 Å². The Balaban J connectivity index is 2.05. The van der Waals surface area contributed by atoms with Gasteiger partial charge in [0, 0.05) is 12.1 Å². The summed E-state index contributed by atoms with van der Waals surface area (Å²) in [6.07, 6.45) is 0. The molecule has 1 N–H and O–H groups in total. The second-order valence-corrected chi connectivity index (χ2v) is 6.05. The lowest BCUT2D eigenvalue weighted by Gasteiger charge is -2.04. The summed E-state index contributed by atoms with van der Waals surface area (Å²) in [5, 5.41) is 12.4. The quantitative estimate of drug-likeness (QED) is 0.896. The van der Waals surface area contributed by atoms with E-state index in [1.807, 2.05) is 0 Å². The topological polar surface area (TPSA) is 47.0 Å². The van der Waals surface area contributed by atoms with Gasteiger partial charge in [-0.25, -0.2) is 4.39 Å². The molecular weight excluding hydrogens is 333 g/mol. The molecule has 0 aliphatic rings. The largest absolute Gasteiger partial charge is 0.428 e. The van der Waals surface area contributed by atoms with Crippen LogP contribution >= 0.6 is 27.3 Å². The number of benzene rings is 1. The molecule has 0 spiro atoms. The Kier molecular flexibility index (Phi) is 4.84. The first kappa shape index (κ1) is 14.4. The lowest BCUT2D eigenvalue weighted by Crippen LogP contribution is -2.21. The third kappa shape index (κ3) is 4.22. The van der Waals surface area contributed by atoms with Gasteiger partial charge in [-0.2, -0.15) is 0 Å². The van der Waals surface area contributed by atoms with E-state index in [1.165, 1.54) is 23.5 Å². The smallest absolute Gasteiger partial charge is 0.299 e. The summed E-state index contributed by atoms with van der Waals surface area (Å²) in [6.45, 7) is 4.76. The molecule has 19 heavy (non-hydrogen) atoms. The number of hydrogen-bond acceptors (Lipinski definition) is 5. The van der Waals surface area contributed by atoms with E-state index < -0.39 is 0 Å². The Labute approximate surface area is 123 Å². The van der Waals surface area contributed by atoms with Crippen molar-refractivity contribution >= 4 is 27.3 Å². The Bertz CT molecular complexity index is 562. The summed E-state index contributed by atoms with van der Waals surface area (Å²) in [7, 11) is 0. The van der Waals surface area contributed by atoms with Crippen LogP contribution in [0.4, 0.5) is 4.39 Å². The zero-order chi connectivity index (χ0) is 13.8. The van der Waals surface area contributed by atoms with Crippen molar-refractivity contribution in [2.45, 2.75) is 26.4 Å². The van der Waals surface area contributed by atoms with E-state index in [4.69, 9.17) is 4.74 Å². The maximum Gasteiger partial charge on any atom is 0.299 e. The van der Waals surface area contributed by atoms with Crippen LogP contribution < -0.4 is 10.1 Å². The van der Waals surface area contributed by atoms with Gasteiger partial charge in [0.05, 0.1) is 11.0 Å². The number of ether oxygens (including phenoxy) is 1. The van der Waals surface area contributed by atoms with Gasteiger partial charge < -0.3 is 10.1 Å². The minimum absolute atomic E-state index is 0.357. The van der Waals surface area contributed by atoms with E-state index in [2.05, 4.69) is 45.3 Å². The average Bonchev–Trinajstić information content (AvgIpc) is 2.79. The monoisotopic (exact) mass is 345 g/mol. The van der Waals surface area contributed by atoms with Crippen molar-refractivity contribution in [2.75, 3.05) is 0 Å². The average molecular weight is 346 g/mol. The lowest BCUT2D eigenvalue weighted by atomic mass is 10.3. The van der Waals surface area contributed by atoms with Crippen LogP contribution in [0.15, 0.2) is 22.7 Å². The highest BCUT2D eigenvalue weighted by molar-refractivity contribution is 9.10. The van der Waals surface area contributed by atoms with Crippen molar-refractivity contribution in [3.05, 3.63) is 33.5 Å². The fourth-order valence-electron chi connectivity index (χ4n) is 1.29. The first-order valence-corrected chi connectivity index (χ1v) is 7.34. The molecule has 102 valence electrons. The van der Waals surface area contributed by atoms with Gasteiger partial charge in [0.2, 0.25) is 0 Å². The maximum absolute atomic E-state index is 13.1. The zero-order valence-corrected chi connectivity index (χ0v) is 12.9. The highest BCUT2D eigenvalue weighted by atomic mass is 79.9. The number of aromatic nitrogens is 2. The molecule has 0 atom stereocenters. The van der Waals surface area contributed by atoms with Crippen molar-refractivity contribution in [1.82, 2.24) is 15.5 Å². The Morgan fingerprint density at radius 2 is 2.21 bits per heavy atom. The van der Waals surface area contributed by atoms with Crippen molar-refractivity contribution in [3.63, 3.8) is 0 Å². The summed E-state index contributed by atoms with van der Waals surface area (Å²) in [6, 6.07) is 4.63. The molecule has 0 aliphatic carbocycles. The summed E-state index contributed by atoms with van der Waals surface area (Å²) in [5.74, 6) is 0.0314. The maximum atomic E-state index is 13.1. The molecule has 0 bridgehead atoms. The van der Waals surface area contributed by atoms with E-state index in [0.29, 0.717) is 28.0 Å². The van der Waals surface area contributed by atoms with Gasteiger partial charge in [0.25, 0.3) is 5.19 Å². The lowest BCUT2D eigenvalue weighted by molar-refractivity contribution is 0.464. The predicted molar refractivity (Wildman–Crippen MR) is 76.1 cm³/mol. The Morgan fingerprint density at radius 1 is 1.42 bits per heavy atom. The standard InChI is InChI=1S/C12H13BrFN3OS/c1-7(2)15-6-11-16-17-12(19-11)18-10-5-8(14)3-4-9(10)13/h3-5,7,15H,6H2,1-2H3. The molecule has 0 amide bonds. The van der Waals surface area contributed by atoms with Crippen LogP contribution in [0.1, 0.15) is 18.9 Å². The number of nitrogens with zero attached hydrogens (tertiary/aromatic N) is 2. The molecule has 4 nitrogen and oxygen atoms in total. The normalized spacial score (nSPS) is 11.0. The van der Waals surface area contributed by atoms with Crippen molar-refractivity contribution < 1.29 is 9.13 Å². The molecule has 0 saturated heterocycles. The van der Waals surface area contributed by atoms with Crippen molar-refractivity contribution in [3.8, 4) is 10.9 Å². The molecule has 7 heteroatoms. The van der Waals surface area contributed by atoms with Crippen LogP contribution in [0.2, 0.25) is 0 Å². The van der Waals surface area contributed by atoms with E-state index in [9.17, 15) is 4.39 Å². The third-order valence-corrected chi connectivity index (χ3v) is 3.66. The molecule has 0 fully saturated rings. The van der Waals surface area contributed by atoms with Crippen LogP contribution in [-0.2, 0) is 6.54 Å². The van der Waals surface area contributed by atoms with E-state index in [0.717, 1.165) is 5.01 Å². The second kappa shape index (κ2) is 6.40. The number of halogens is 2. The highest BCUT2D eigenvalue weighted by Gasteiger charge is 2.09. The first-order valence-electron chi connectivity index (χ1n) is 5.73. The fourth-order valence-corrected chi connectivity index (χ4v) is 2.27. The SMILES string of the molecule is CC(C)NCc1nnc(Oc2cc(F)ccc2Br)s1. The molecular formula is C12H13BrFN3OS. The fraction of sp³-hybridized carbons (Fsp3) is 0.333. The molecule has 1 aromatic heterocycles. The van der Waals surface area contributed by atoms with Gasteiger partial charge in [-0.05, 0) is 28.1 Å². The van der Waals surface area contributed by atoms with Crippen LogP contribution in [0.5, 0.6) is 10.9 Å².